The van der Waals surface area contributed by atoms with Crippen LogP contribution < -0.4 is 10.6 Å². The fourth-order valence-electron chi connectivity index (χ4n) is 3.51. The molecule has 2 heterocycles. The summed E-state index contributed by atoms with van der Waals surface area (Å²) in [4.78, 5) is 29.5. The number of fused-ring (bicyclic) bond motifs is 1. The number of carbonyl (C=O) groups excluding carboxylic acids is 2. The van der Waals surface area contributed by atoms with Crippen LogP contribution in [-0.4, -0.2) is 39.8 Å². The van der Waals surface area contributed by atoms with Crippen LogP contribution in [-0.2, 0) is 17.6 Å². The molecule has 2 N–H and O–H groups in total. The normalized spacial score (nSPS) is 15.0. The molecular formula is C20H27N5O2. The maximum absolute atomic E-state index is 13.0. The highest BCUT2D eigenvalue weighted by Gasteiger charge is 2.34. The molecule has 144 valence electrons. The monoisotopic (exact) mass is 369 g/mol. The van der Waals surface area contributed by atoms with E-state index in [1.807, 2.05) is 32.9 Å². The number of rotatable bonds is 3. The van der Waals surface area contributed by atoms with Gasteiger partial charge in [0.15, 0.2) is 0 Å². The van der Waals surface area contributed by atoms with Gasteiger partial charge in [-0.25, -0.2) is 4.79 Å². The van der Waals surface area contributed by atoms with E-state index in [-0.39, 0.29) is 11.9 Å². The Morgan fingerprint density at radius 2 is 1.96 bits per heavy atom. The summed E-state index contributed by atoms with van der Waals surface area (Å²) in [5.74, 6) is -0.218. The zero-order valence-corrected chi connectivity index (χ0v) is 16.4. The van der Waals surface area contributed by atoms with Gasteiger partial charge < -0.3 is 10.6 Å². The van der Waals surface area contributed by atoms with Gasteiger partial charge in [0.25, 0.3) is 0 Å². The smallest absolute Gasteiger partial charge is 0.343 e. The number of amides is 2. The molecule has 3 rings (SSSR count). The molecule has 1 aliphatic rings. The number of hydrogen-bond donors (Lipinski definition) is 2. The molecule has 1 atom stereocenters. The summed E-state index contributed by atoms with van der Waals surface area (Å²) < 4.78 is 1.44. The van der Waals surface area contributed by atoms with E-state index in [1.54, 1.807) is 19.4 Å². The van der Waals surface area contributed by atoms with Crippen LogP contribution in [0.3, 0.4) is 0 Å². The van der Waals surface area contributed by atoms with Crippen molar-refractivity contribution >= 4 is 11.9 Å². The second-order valence-corrected chi connectivity index (χ2v) is 8.00. The van der Waals surface area contributed by atoms with Crippen LogP contribution in [0.2, 0.25) is 0 Å². The van der Waals surface area contributed by atoms with Crippen molar-refractivity contribution in [2.75, 3.05) is 7.05 Å². The molecule has 0 saturated heterocycles. The van der Waals surface area contributed by atoms with Gasteiger partial charge in [0, 0.05) is 30.6 Å². The van der Waals surface area contributed by atoms with Crippen LogP contribution in [0, 0.1) is 5.41 Å². The Morgan fingerprint density at radius 3 is 2.59 bits per heavy atom. The third-order valence-corrected chi connectivity index (χ3v) is 4.95. The fraction of sp³-hybridized carbons (Fsp3) is 0.500. The van der Waals surface area contributed by atoms with E-state index in [1.165, 1.54) is 4.68 Å². The van der Waals surface area contributed by atoms with E-state index in [4.69, 9.17) is 0 Å². The highest BCUT2D eigenvalue weighted by Crippen LogP contribution is 2.31. The number of nitrogens with zero attached hydrogens (tertiary/aromatic N) is 3. The Morgan fingerprint density at radius 1 is 1.22 bits per heavy atom. The third kappa shape index (κ3) is 3.86. The van der Waals surface area contributed by atoms with Gasteiger partial charge in [-0.15, -0.1) is 0 Å². The zero-order valence-electron chi connectivity index (χ0n) is 16.4. The van der Waals surface area contributed by atoms with E-state index in [9.17, 15) is 9.59 Å². The number of hydrogen-bond acceptors (Lipinski definition) is 4. The quantitative estimate of drug-likeness (QED) is 0.870. The zero-order chi connectivity index (χ0) is 19.6. The van der Waals surface area contributed by atoms with Crippen molar-refractivity contribution in [2.45, 2.75) is 52.5 Å². The summed E-state index contributed by atoms with van der Waals surface area (Å²) in [6.45, 7) is 5.77. The minimum atomic E-state index is -0.653. The van der Waals surface area contributed by atoms with Crippen molar-refractivity contribution in [2.24, 2.45) is 5.41 Å². The molecule has 0 bridgehead atoms. The second-order valence-electron chi connectivity index (χ2n) is 8.00. The molecule has 0 saturated carbocycles. The Kier molecular flexibility index (Phi) is 5.30. The largest absolute Gasteiger partial charge is 0.357 e. The lowest BCUT2D eigenvalue weighted by Gasteiger charge is -2.29. The highest BCUT2D eigenvalue weighted by atomic mass is 16.2. The number of aromatic nitrogens is 3. The molecular weight excluding hydrogens is 342 g/mol. The van der Waals surface area contributed by atoms with Crippen molar-refractivity contribution in [1.29, 1.82) is 0 Å². The average Bonchev–Trinajstić information content (AvgIpc) is 3.05. The van der Waals surface area contributed by atoms with Gasteiger partial charge in [0.2, 0.25) is 5.91 Å². The standard InChI is InChI=1S/C20H27N5O2/c1-20(2,3)17(18(26)21-4)23-19(27)25-15-10-6-5-9-14(15)16(24-25)13-8-7-11-22-12-13/h7-8,11-12,17H,5-6,9-10H2,1-4H3,(H,21,26)(H,23,27)/t17-/m1/s1. The van der Waals surface area contributed by atoms with Crippen LogP contribution in [0.25, 0.3) is 11.3 Å². The van der Waals surface area contributed by atoms with E-state index in [2.05, 4.69) is 20.7 Å². The lowest BCUT2D eigenvalue weighted by atomic mass is 9.86. The number of likely N-dealkylation sites (N-methyl/N-ethyl adjacent to an activating group) is 1. The first-order valence-corrected chi connectivity index (χ1v) is 9.36. The maximum Gasteiger partial charge on any atom is 0.343 e. The first-order valence-electron chi connectivity index (χ1n) is 9.36. The van der Waals surface area contributed by atoms with Gasteiger partial charge in [-0.2, -0.15) is 9.78 Å². The molecule has 0 fully saturated rings. The molecule has 7 heteroatoms. The van der Waals surface area contributed by atoms with E-state index in [0.29, 0.717) is 0 Å². The van der Waals surface area contributed by atoms with Crippen molar-refractivity contribution in [1.82, 2.24) is 25.4 Å². The first-order chi connectivity index (χ1) is 12.8. The summed E-state index contributed by atoms with van der Waals surface area (Å²) in [5.41, 5.74) is 3.33. The summed E-state index contributed by atoms with van der Waals surface area (Å²) in [6, 6.07) is 2.80. The molecule has 7 nitrogen and oxygen atoms in total. The maximum atomic E-state index is 13.0. The predicted octanol–water partition coefficient (Wildman–Crippen LogP) is 2.54. The van der Waals surface area contributed by atoms with Gasteiger partial charge in [-0.05, 0) is 43.2 Å². The van der Waals surface area contributed by atoms with E-state index < -0.39 is 11.5 Å². The van der Waals surface area contributed by atoms with Crippen molar-refractivity contribution in [3.8, 4) is 11.3 Å². The van der Waals surface area contributed by atoms with Crippen LogP contribution in [0.4, 0.5) is 4.79 Å². The topological polar surface area (TPSA) is 88.9 Å². The van der Waals surface area contributed by atoms with Crippen LogP contribution >= 0.6 is 0 Å². The summed E-state index contributed by atoms with van der Waals surface area (Å²) in [5, 5.41) is 10.1. The Labute approximate surface area is 159 Å². The lowest BCUT2D eigenvalue weighted by molar-refractivity contribution is -0.124. The lowest BCUT2D eigenvalue weighted by Crippen LogP contribution is -2.54. The molecule has 0 aromatic carbocycles. The second kappa shape index (κ2) is 7.50. The minimum absolute atomic E-state index is 0.218. The molecule has 27 heavy (non-hydrogen) atoms. The van der Waals surface area contributed by atoms with Crippen LogP contribution in [0.15, 0.2) is 24.5 Å². The summed E-state index contributed by atoms with van der Waals surface area (Å²) in [7, 11) is 1.57. The molecule has 0 aliphatic heterocycles. The fourth-order valence-corrected chi connectivity index (χ4v) is 3.51. The molecule has 1 aliphatic carbocycles. The van der Waals surface area contributed by atoms with Gasteiger partial charge in [-0.3, -0.25) is 9.78 Å². The summed E-state index contributed by atoms with van der Waals surface area (Å²) in [6.07, 6.45) is 7.28. The summed E-state index contributed by atoms with van der Waals surface area (Å²) >= 11 is 0. The first kappa shape index (κ1) is 19.1. The number of pyridine rings is 1. The van der Waals surface area contributed by atoms with Gasteiger partial charge in [-0.1, -0.05) is 20.8 Å². The third-order valence-electron chi connectivity index (χ3n) is 4.95. The Bertz CT molecular complexity index is 836. The van der Waals surface area contributed by atoms with Crippen LogP contribution in [0.1, 0.15) is 44.9 Å². The molecule has 0 spiro atoms. The van der Waals surface area contributed by atoms with Gasteiger partial charge >= 0.3 is 6.03 Å². The molecule has 2 aromatic rings. The van der Waals surface area contributed by atoms with Crippen molar-refractivity contribution < 1.29 is 9.59 Å². The number of carbonyl (C=O) groups is 2. The highest BCUT2D eigenvalue weighted by molar-refractivity contribution is 5.88. The van der Waals surface area contributed by atoms with Gasteiger partial charge in [0.05, 0.1) is 11.4 Å². The SMILES string of the molecule is CNC(=O)[C@@H](NC(=O)n1nc(-c2cccnc2)c2c1CCCC2)C(C)(C)C. The number of nitrogens with one attached hydrogen (secondary N) is 2. The average molecular weight is 369 g/mol. The molecule has 0 radical (unpaired) electrons. The molecule has 0 unspecified atom stereocenters. The van der Waals surface area contributed by atoms with Crippen molar-refractivity contribution in [3.05, 3.63) is 35.8 Å². The molecule has 2 amide bonds. The minimum Gasteiger partial charge on any atom is -0.357 e. The Balaban J connectivity index is 1.98. The predicted molar refractivity (Wildman–Crippen MR) is 103 cm³/mol. The van der Waals surface area contributed by atoms with Gasteiger partial charge in [0.1, 0.15) is 6.04 Å². The van der Waals surface area contributed by atoms with E-state index >= 15 is 0 Å². The van der Waals surface area contributed by atoms with Crippen molar-refractivity contribution in [3.63, 3.8) is 0 Å². The molecule has 2 aromatic heterocycles. The van der Waals surface area contributed by atoms with Crippen LogP contribution in [0.5, 0.6) is 0 Å². The van der Waals surface area contributed by atoms with E-state index in [0.717, 1.165) is 48.2 Å². The Hall–Kier alpha value is -2.70.